The van der Waals surface area contributed by atoms with Crippen molar-refractivity contribution in [3.8, 4) is 5.75 Å². The molecule has 2 unspecified atom stereocenters. The molecule has 1 N–H and O–H groups in total. The normalized spacial score (nSPS) is 19.6. The van der Waals surface area contributed by atoms with Crippen molar-refractivity contribution in [2.24, 2.45) is 0 Å². The molecule has 24 heavy (non-hydrogen) atoms. The number of hydrogen-bond donors (Lipinski definition) is 1. The molecule has 1 saturated heterocycles. The Kier molecular flexibility index (Phi) is 6.40. The van der Waals surface area contributed by atoms with Gasteiger partial charge in [0, 0.05) is 19.6 Å². The Morgan fingerprint density at radius 2 is 2.29 bits per heavy atom. The van der Waals surface area contributed by atoms with Crippen LogP contribution in [0.5, 0.6) is 5.75 Å². The maximum atomic E-state index is 13.1. The monoisotopic (exact) mass is 376 g/mol. The third kappa shape index (κ3) is 4.16. The number of hydrogen-bond acceptors (Lipinski definition) is 6. The average Bonchev–Trinajstić information content (AvgIpc) is 3.00. The lowest BCUT2D eigenvalue weighted by atomic mass is 10.2. The Hall–Kier alpha value is -1.41. The van der Waals surface area contributed by atoms with E-state index in [2.05, 4.69) is 20.4 Å². The summed E-state index contributed by atoms with van der Waals surface area (Å²) in [7, 11) is 2.03. The first kappa shape index (κ1) is 18.9. The largest absolute Gasteiger partial charge is 0.479 e. The van der Waals surface area contributed by atoms with E-state index < -0.39 is 11.9 Å². The summed E-state index contributed by atoms with van der Waals surface area (Å²) >= 11 is 5.96. The third-order valence-corrected chi connectivity index (χ3v) is 4.11. The highest BCUT2D eigenvalue weighted by Gasteiger charge is 2.27. The first-order valence-electron chi connectivity index (χ1n) is 7.41. The number of rotatable bonds is 4. The number of benzene rings is 1. The summed E-state index contributed by atoms with van der Waals surface area (Å²) in [4.78, 5) is 6.60. The van der Waals surface area contributed by atoms with Crippen LogP contribution in [0.15, 0.2) is 22.7 Å². The van der Waals surface area contributed by atoms with Gasteiger partial charge in [0.1, 0.15) is 11.6 Å². The van der Waals surface area contributed by atoms with Crippen LogP contribution in [0.4, 0.5) is 4.39 Å². The Balaban J connectivity index is 0.00000208. The molecule has 0 bridgehead atoms. The van der Waals surface area contributed by atoms with Gasteiger partial charge in [-0.25, -0.2) is 4.39 Å². The molecular weight excluding hydrogens is 358 g/mol. The molecule has 3 rings (SSSR count). The zero-order valence-electron chi connectivity index (χ0n) is 13.3. The smallest absolute Gasteiger partial charge is 0.267 e. The molecule has 2 atom stereocenters. The minimum absolute atomic E-state index is 0. The molecule has 0 radical (unpaired) electrons. The molecule has 132 valence electrons. The summed E-state index contributed by atoms with van der Waals surface area (Å²) < 4.78 is 24.1. The van der Waals surface area contributed by atoms with Gasteiger partial charge in [0.2, 0.25) is 0 Å². The lowest BCUT2D eigenvalue weighted by Crippen LogP contribution is -2.44. The second kappa shape index (κ2) is 8.11. The van der Waals surface area contributed by atoms with Gasteiger partial charge in [-0.2, -0.15) is 4.98 Å². The van der Waals surface area contributed by atoms with E-state index in [1.807, 2.05) is 7.05 Å². The summed E-state index contributed by atoms with van der Waals surface area (Å²) in [6.07, 6.45) is -0.485. The van der Waals surface area contributed by atoms with E-state index in [4.69, 9.17) is 20.9 Å². The molecule has 1 aromatic carbocycles. The van der Waals surface area contributed by atoms with Crippen LogP contribution in [0, 0.1) is 5.82 Å². The molecule has 2 heterocycles. The number of aromatic nitrogens is 2. The Bertz CT molecular complexity index is 685. The van der Waals surface area contributed by atoms with Crippen LogP contribution in [0.2, 0.25) is 5.02 Å². The van der Waals surface area contributed by atoms with Gasteiger partial charge in [-0.1, -0.05) is 16.8 Å². The summed E-state index contributed by atoms with van der Waals surface area (Å²) in [5.41, 5.74) is 0. The standard InChI is InChI=1S/C15H18ClFN4O2.ClH/c1-9(22-13-4-3-10(17)7-11(13)16)15-19-14(20-23-15)12-8-18-5-6-21(12)2;/h3-4,7,9,12,18H,5-6,8H2,1-2H3;1H. The summed E-state index contributed by atoms with van der Waals surface area (Å²) in [5, 5.41) is 7.56. The van der Waals surface area contributed by atoms with Crippen molar-refractivity contribution in [2.45, 2.75) is 19.1 Å². The number of nitrogens with one attached hydrogen (secondary N) is 1. The summed E-state index contributed by atoms with van der Waals surface area (Å²) in [6, 6.07) is 4.04. The van der Waals surface area contributed by atoms with Crippen molar-refractivity contribution in [2.75, 3.05) is 26.7 Å². The predicted octanol–water partition coefficient (Wildman–Crippen LogP) is 3.00. The molecule has 0 spiro atoms. The minimum Gasteiger partial charge on any atom is -0.479 e. The number of piperazine rings is 1. The fourth-order valence-electron chi connectivity index (χ4n) is 2.45. The highest BCUT2D eigenvalue weighted by molar-refractivity contribution is 6.32. The van der Waals surface area contributed by atoms with E-state index in [1.165, 1.54) is 18.2 Å². The fraction of sp³-hybridized carbons (Fsp3) is 0.467. The highest BCUT2D eigenvalue weighted by Crippen LogP contribution is 2.29. The number of likely N-dealkylation sites (N-methyl/N-ethyl adjacent to an activating group) is 1. The second-order valence-electron chi connectivity index (χ2n) is 5.53. The minimum atomic E-state index is -0.485. The van der Waals surface area contributed by atoms with Crippen LogP contribution in [0.3, 0.4) is 0 Å². The zero-order valence-corrected chi connectivity index (χ0v) is 14.9. The zero-order chi connectivity index (χ0) is 16.4. The van der Waals surface area contributed by atoms with Crippen molar-refractivity contribution in [1.29, 1.82) is 0 Å². The van der Waals surface area contributed by atoms with Crippen LogP contribution in [-0.2, 0) is 0 Å². The maximum Gasteiger partial charge on any atom is 0.267 e. The fourth-order valence-corrected chi connectivity index (χ4v) is 2.67. The number of ether oxygens (including phenoxy) is 1. The van der Waals surface area contributed by atoms with E-state index in [0.29, 0.717) is 17.5 Å². The molecule has 0 amide bonds. The predicted molar refractivity (Wildman–Crippen MR) is 90.2 cm³/mol. The van der Waals surface area contributed by atoms with Crippen molar-refractivity contribution >= 4 is 24.0 Å². The van der Waals surface area contributed by atoms with Gasteiger partial charge in [0.25, 0.3) is 5.89 Å². The molecule has 1 aliphatic heterocycles. The first-order valence-corrected chi connectivity index (χ1v) is 7.78. The van der Waals surface area contributed by atoms with Gasteiger partial charge >= 0.3 is 0 Å². The topological polar surface area (TPSA) is 63.4 Å². The molecule has 1 aliphatic rings. The van der Waals surface area contributed by atoms with Crippen LogP contribution in [0.1, 0.15) is 30.8 Å². The van der Waals surface area contributed by atoms with Crippen molar-refractivity contribution in [3.05, 3.63) is 40.8 Å². The highest BCUT2D eigenvalue weighted by atomic mass is 35.5. The van der Waals surface area contributed by atoms with Gasteiger partial charge < -0.3 is 14.6 Å². The molecule has 6 nitrogen and oxygen atoms in total. The van der Waals surface area contributed by atoms with E-state index >= 15 is 0 Å². The molecule has 1 fully saturated rings. The number of halogens is 3. The van der Waals surface area contributed by atoms with Crippen molar-refractivity contribution in [3.63, 3.8) is 0 Å². The van der Waals surface area contributed by atoms with E-state index in [1.54, 1.807) is 6.92 Å². The Morgan fingerprint density at radius 3 is 3.00 bits per heavy atom. The van der Waals surface area contributed by atoms with Crippen molar-refractivity contribution in [1.82, 2.24) is 20.4 Å². The first-order chi connectivity index (χ1) is 11.0. The van der Waals surface area contributed by atoms with Crippen molar-refractivity contribution < 1.29 is 13.7 Å². The summed E-state index contributed by atoms with van der Waals surface area (Å²) in [6.45, 7) is 4.42. The van der Waals surface area contributed by atoms with Gasteiger partial charge in [-0.15, -0.1) is 12.4 Å². The third-order valence-electron chi connectivity index (χ3n) is 3.81. The van der Waals surface area contributed by atoms with E-state index in [9.17, 15) is 4.39 Å². The van der Waals surface area contributed by atoms with Crippen LogP contribution in [-0.4, -0.2) is 41.7 Å². The van der Waals surface area contributed by atoms with Gasteiger partial charge in [0.05, 0.1) is 11.1 Å². The quantitative estimate of drug-likeness (QED) is 0.884. The lowest BCUT2D eigenvalue weighted by Gasteiger charge is -2.30. The SMILES string of the molecule is CC(Oc1ccc(F)cc1Cl)c1nc(C2CNCCN2C)no1.Cl. The maximum absolute atomic E-state index is 13.1. The number of nitrogens with zero attached hydrogens (tertiary/aromatic N) is 3. The van der Waals surface area contributed by atoms with E-state index in [0.717, 1.165) is 19.6 Å². The average molecular weight is 377 g/mol. The van der Waals surface area contributed by atoms with Crippen LogP contribution < -0.4 is 10.1 Å². The lowest BCUT2D eigenvalue weighted by molar-refractivity contribution is 0.173. The molecule has 9 heteroatoms. The second-order valence-corrected chi connectivity index (χ2v) is 5.93. The van der Waals surface area contributed by atoms with E-state index in [-0.39, 0.29) is 23.5 Å². The van der Waals surface area contributed by atoms with Crippen LogP contribution in [0.25, 0.3) is 0 Å². The van der Waals surface area contributed by atoms with Crippen LogP contribution >= 0.6 is 24.0 Å². The molecule has 0 aliphatic carbocycles. The molecule has 0 saturated carbocycles. The molecule has 2 aromatic rings. The van der Waals surface area contributed by atoms with Gasteiger partial charge in [-0.3, -0.25) is 4.90 Å². The Morgan fingerprint density at radius 1 is 1.50 bits per heavy atom. The van der Waals surface area contributed by atoms with Gasteiger partial charge in [-0.05, 0) is 32.2 Å². The molecular formula is C15H19Cl2FN4O2. The Labute approximate surface area is 150 Å². The van der Waals surface area contributed by atoms with Gasteiger partial charge in [0.15, 0.2) is 11.9 Å². The molecule has 1 aromatic heterocycles. The summed E-state index contributed by atoms with van der Waals surface area (Å²) in [5.74, 6) is 0.939.